The highest BCUT2D eigenvalue weighted by atomic mass is 16.5. The molecule has 2 aromatic heterocycles. The predicted octanol–water partition coefficient (Wildman–Crippen LogP) is 2.36. The summed E-state index contributed by atoms with van der Waals surface area (Å²) in [7, 11) is 0. The van der Waals surface area contributed by atoms with Gasteiger partial charge in [0.1, 0.15) is 11.6 Å². The second-order valence-corrected chi connectivity index (χ2v) is 4.94. The van der Waals surface area contributed by atoms with Crippen molar-refractivity contribution in [3.8, 4) is 0 Å². The molecule has 0 amide bonds. The van der Waals surface area contributed by atoms with Crippen molar-refractivity contribution in [2.75, 3.05) is 0 Å². The number of aromatic nitrogens is 5. The van der Waals surface area contributed by atoms with E-state index in [-0.39, 0.29) is 0 Å². The minimum absolute atomic E-state index is 0.303. The van der Waals surface area contributed by atoms with Crippen molar-refractivity contribution >= 4 is 0 Å². The number of rotatable bonds is 5. The summed E-state index contributed by atoms with van der Waals surface area (Å²) < 4.78 is 5.21. The lowest BCUT2D eigenvalue weighted by atomic mass is 10.1. The van der Waals surface area contributed by atoms with E-state index in [9.17, 15) is 0 Å². The lowest BCUT2D eigenvalue weighted by Crippen LogP contribution is -1.99. The minimum Gasteiger partial charge on any atom is -0.339 e. The molecule has 0 saturated carbocycles. The standard InChI is InChI=1S/C12H19N5O/c1-7(2)11-14-10(18-17-11)6-5-8(3)12-13-9(4)15-16-12/h7-8H,5-6H2,1-4H3,(H,13,15,16). The molecule has 1 unspecified atom stereocenters. The van der Waals surface area contributed by atoms with Crippen LogP contribution in [0.5, 0.6) is 0 Å². The van der Waals surface area contributed by atoms with Gasteiger partial charge in [-0.2, -0.15) is 4.98 Å². The number of nitrogens with one attached hydrogen (secondary N) is 1. The maximum absolute atomic E-state index is 5.21. The van der Waals surface area contributed by atoms with Crippen LogP contribution < -0.4 is 0 Å². The number of aryl methyl sites for hydroxylation is 2. The molecule has 0 aliphatic carbocycles. The number of hydrogen-bond acceptors (Lipinski definition) is 5. The van der Waals surface area contributed by atoms with Crippen LogP contribution in [-0.4, -0.2) is 25.3 Å². The Kier molecular flexibility index (Phi) is 3.74. The van der Waals surface area contributed by atoms with E-state index >= 15 is 0 Å². The summed E-state index contributed by atoms with van der Waals surface area (Å²) in [5, 5.41) is 12.0. The summed E-state index contributed by atoms with van der Waals surface area (Å²) in [5.74, 6) is 3.83. The number of aromatic amines is 1. The fourth-order valence-electron chi connectivity index (χ4n) is 1.67. The summed E-state index contributed by atoms with van der Waals surface area (Å²) in [6.45, 7) is 8.11. The summed E-state index contributed by atoms with van der Waals surface area (Å²) in [6.07, 6.45) is 1.68. The maximum Gasteiger partial charge on any atom is 0.226 e. The zero-order chi connectivity index (χ0) is 13.1. The Labute approximate surface area is 106 Å². The summed E-state index contributed by atoms with van der Waals surface area (Å²) >= 11 is 0. The first-order chi connectivity index (χ1) is 8.56. The molecule has 1 N–H and O–H groups in total. The quantitative estimate of drug-likeness (QED) is 0.879. The molecule has 0 bridgehead atoms. The van der Waals surface area contributed by atoms with Gasteiger partial charge in [0.25, 0.3) is 0 Å². The monoisotopic (exact) mass is 249 g/mol. The van der Waals surface area contributed by atoms with Gasteiger partial charge in [0.05, 0.1) is 0 Å². The van der Waals surface area contributed by atoms with Crippen molar-refractivity contribution < 1.29 is 4.52 Å². The van der Waals surface area contributed by atoms with Crippen molar-refractivity contribution in [3.63, 3.8) is 0 Å². The number of nitrogens with zero attached hydrogens (tertiary/aromatic N) is 4. The third-order valence-electron chi connectivity index (χ3n) is 2.87. The molecule has 0 spiro atoms. The van der Waals surface area contributed by atoms with Gasteiger partial charge in [0.2, 0.25) is 5.89 Å². The van der Waals surface area contributed by atoms with E-state index in [1.807, 2.05) is 6.92 Å². The third kappa shape index (κ3) is 2.94. The Balaban J connectivity index is 1.90. The first-order valence-corrected chi connectivity index (χ1v) is 6.28. The Morgan fingerprint density at radius 2 is 2.00 bits per heavy atom. The van der Waals surface area contributed by atoms with Crippen LogP contribution in [0.2, 0.25) is 0 Å². The Bertz CT molecular complexity index is 502. The first-order valence-electron chi connectivity index (χ1n) is 6.28. The molecule has 0 aliphatic rings. The van der Waals surface area contributed by atoms with E-state index in [4.69, 9.17) is 4.52 Å². The van der Waals surface area contributed by atoms with Gasteiger partial charge >= 0.3 is 0 Å². The average molecular weight is 249 g/mol. The molecule has 98 valence electrons. The van der Waals surface area contributed by atoms with Gasteiger partial charge in [-0.3, -0.25) is 0 Å². The van der Waals surface area contributed by atoms with Gasteiger partial charge < -0.3 is 9.51 Å². The predicted molar refractivity (Wildman–Crippen MR) is 66.2 cm³/mol. The SMILES string of the molecule is Cc1nnc(C(C)CCc2nc(C(C)C)no2)[nH]1. The van der Waals surface area contributed by atoms with Gasteiger partial charge in [-0.05, 0) is 13.3 Å². The highest BCUT2D eigenvalue weighted by Crippen LogP contribution is 2.18. The van der Waals surface area contributed by atoms with E-state index < -0.39 is 0 Å². The Hall–Kier alpha value is -1.72. The number of hydrogen-bond donors (Lipinski definition) is 1. The molecule has 0 aliphatic heterocycles. The van der Waals surface area contributed by atoms with Crippen molar-refractivity contribution in [2.24, 2.45) is 0 Å². The topological polar surface area (TPSA) is 80.5 Å². The van der Waals surface area contributed by atoms with Crippen LogP contribution in [-0.2, 0) is 6.42 Å². The molecule has 1 atom stereocenters. The second-order valence-electron chi connectivity index (χ2n) is 4.94. The van der Waals surface area contributed by atoms with Crippen molar-refractivity contribution in [2.45, 2.75) is 52.4 Å². The zero-order valence-corrected chi connectivity index (χ0v) is 11.3. The lowest BCUT2D eigenvalue weighted by molar-refractivity contribution is 0.365. The average Bonchev–Trinajstić information content (AvgIpc) is 2.94. The lowest BCUT2D eigenvalue weighted by Gasteiger charge is -2.04. The van der Waals surface area contributed by atoms with Crippen molar-refractivity contribution in [1.82, 2.24) is 25.3 Å². The molecule has 2 rings (SSSR count). The van der Waals surface area contributed by atoms with Crippen LogP contribution in [0.4, 0.5) is 0 Å². The van der Waals surface area contributed by atoms with Crippen molar-refractivity contribution in [1.29, 1.82) is 0 Å². The summed E-state index contributed by atoms with van der Waals surface area (Å²) in [5.41, 5.74) is 0. The Morgan fingerprint density at radius 3 is 2.56 bits per heavy atom. The van der Waals surface area contributed by atoms with E-state index in [2.05, 4.69) is 46.1 Å². The molecule has 0 radical (unpaired) electrons. The van der Waals surface area contributed by atoms with Crippen LogP contribution in [0.1, 0.15) is 62.4 Å². The molecular formula is C12H19N5O. The second kappa shape index (κ2) is 5.29. The third-order valence-corrected chi connectivity index (χ3v) is 2.87. The van der Waals surface area contributed by atoms with Crippen LogP contribution in [0, 0.1) is 6.92 Å². The molecule has 0 saturated heterocycles. The largest absolute Gasteiger partial charge is 0.339 e. The fourth-order valence-corrected chi connectivity index (χ4v) is 1.67. The van der Waals surface area contributed by atoms with E-state index in [0.717, 1.165) is 30.3 Å². The first kappa shape index (κ1) is 12.7. The minimum atomic E-state index is 0.303. The van der Waals surface area contributed by atoms with Crippen LogP contribution >= 0.6 is 0 Å². The van der Waals surface area contributed by atoms with Gasteiger partial charge in [0, 0.05) is 18.3 Å². The van der Waals surface area contributed by atoms with Gasteiger partial charge in [-0.1, -0.05) is 25.9 Å². The normalized spacial score (nSPS) is 13.2. The molecule has 6 nitrogen and oxygen atoms in total. The highest BCUT2D eigenvalue weighted by molar-refractivity contribution is 4.97. The molecule has 0 fully saturated rings. The van der Waals surface area contributed by atoms with Crippen molar-refractivity contribution in [3.05, 3.63) is 23.4 Å². The van der Waals surface area contributed by atoms with Crippen LogP contribution in [0.3, 0.4) is 0 Å². The zero-order valence-electron chi connectivity index (χ0n) is 11.3. The fraction of sp³-hybridized carbons (Fsp3) is 0.667. The molecule has 2 heterocycles. The van der Waals surface area contributed by atoms with E-state index in [0.29, 0.717) is 17.7 Å². The van der Waals surface area contributed by atoms with Gasteiger partial charge in [-0.25, -0.2) is 0 Å². The summed E-state index contributed by atoms with van der Waals surface area (Å²) in [4.78, 5) is 7.50. The molecule has 18 heavy (non-hydrogen) atoms. The van der Waals surface area contributed by atoms with Crippen LogP contribution in [0.25, 0.3) is 0 Å². The maximum atomic E-state index is 5.21. The Morgan fingerprint density at radius 1 is 1.22 bits per heavy atom. The van der Waals surface area contributed by atoms with Gasteiger partial charge in [0.15, 0.2) is 5.82 Å². The number of H-pyrrole nitrogens is 1. The molecule has 6 heteroatoms. The highest BCUT2D eigenvalue weighted by Gasteiger charge is 2.14. The van der Waals surface area contributed by atoms with E-state index in [1.54, 1.807) is 0 Å². The van der Waals surface area contributed by atoms with E-state index in [1.165, 1.54) is 0 Å². The van der Waals surface area contributed by atoms with Crippen LogP contribution in [0.15, 0.2) is 4.52 Å². The molecule has 0 aromatic carbocycles. The smallest absolute Gasteiger partial charge is 0.226 e. The summed E-state index contributed by atoms with van der Waals surface area (Å²) in [6, 6.07) is 0. The molecular weight excluding hydrogens is 230 g/mol. The molecule has 2 aromatic rings. The van der Waals surface area contributed by atoms with Gasteiger partial charge in [-0.15, -0.1) is 10.2 Å².